The zero-order chi connectivity index (χ0) is 15.5. The lowest BCUT2D eigenvalue weighted by Gasteiger charge is -2.23. The number of hydrogen-bond donors (Lipinski definition) is 4. The molecule has 9 nitrogen and oxygen atoms in total. The molecule has 10 heteroatoms. The molecule has 0 spiro atoms. The molecule has 0 atom stereocenters. The number of nitrogen functional groups attached to an aromatic ring is 1. The molecule has 0 saturated heterocycles. The van der Waals surface area contributed by atoms with Crippen LogP contribution in [0.1, 0.15) is 0 Å². The van der Waals surface area contributed by atoms with Crippen LogP contribution in [-0.4, -0.2) is 33.3 Å². The van der Waals surface area contributed by atoms with Crippen LogP contribution >= 0.6 is 0 Å². The van der Waals surface area contributed by atoms with Crippen molar-refractivity contribution in [3.63, 3.8) is 0 Å². The van der Waals surface area contributed by atoms with Crippen molar-refractivity contribution in [3.05, 3.63) is 18.2 Å². The zero-order valence-corrected chi connectivity index (χ0v) is 11.3. The molecule has 1 rings (SSSR count). The highest BCUT2D eigenvalue weighted by molar-refractivity contribution is 7.89. The van der Waals surface area contributed by atoms with E-state index < -0.39 is 21.8 Å². The van der Waals surface area contributed by atoms with Crippen molar-refractivity contribution in [1.82, 2.24) is 0 Å². The lowest BCUT2D eigenvalue weighted by molar-refractivity contribution is -0.117. The first-order valence-electron chi connectivity index (χ1n) is 5.35. The van der Waals surface area contributed by atoms with Gasteiger partial charge in [0.1, 0.15) is 0 Å². The summed E-state index contributed by atoms with van der Waals surface area (Å²) < 4.78 is 22.4. The Kier molecular flexibility index (Phi) is 4.53. The van der Waals surface area contributed by atoms with Gasteiger partial charge in [0.2, 0.25) is 21.8 Å². The van der Waals surface area contributed by atoms with E-state index >= 15 is 0 Å². The molecule has 8 N–H and O–H groups in total. The van der Waals surface area contributed by atoms with Crippen LogP contribution in [0.2, 0.25) is 0 Å². The Labute approximate surface area is 115 Å². The molecule has 0 radical (unpaired) electrons. The van der Waals surface area contributed by atoms with Gasteiger partial charge in [-0.1, -0.05) is 0 Å². The molecule has 1 aromatic rings. The van der Waals surface area contributed by atoms with Gasteiger partial charge in [0.05, 0.1) is 29.4 Å². The van der Waals surface area contributed by atoms with E-state index in [0.717, 1.165) is 6.07 Å². The Morgan fingerprint density at radius 3 is 1.95 bits per heavy atom. The van der Waals surface area contributed by atoms with E-state index in [0.29, 0.717) is 0 Å². The molecule has 0 aliphatic rings. The van der Waals surface area contributed by atoms with Gasteiger partial charge in [0, 0.05) is 0 Å². The monoisotopic (exact) mass is 301 g/mol. The predicted octanol–water partition coefficient (Wildman–Crippen LogP) is -2.31. The Morgan fingerprint density at radius 1 is 1.10 bits per heavy atom. The smallest absolute Gasteiger partial charge is 0.238 e. The minimum atomic E-state index is -3.90. The third kappa shape index (κ3) is 4.10. The van der Waals surface area contributed by atoms with E-state index in [1.807, 2.05) is 0 Å². The van der Waals surface area contributed by atoms with Crippen LogP contribution in [0.15, 0.2) is 23.1 Å². The summed E-state index contributed by atoms with van der Waals surface area (Å²) in [6.07, 6.45) is 0. The first-order valence-corrected chi connectivity index (χ1v) is 6.89. The molecule has 2 amide bonds. The van der Waals surface area contributed by atoms with Crippen LogP contribution in [0.25, 0.3) is 0 Å². The number of rotatable bonds is 6. The van der Waals surface area contributed by atoms with E-state index in [-0.39, 0.29) is 29.4 Å². The second-order valence-electron chi connectivity index (χ2n) is 4.05. The standard InChI is InChI=1S/C10H15N5O4S/c11-7-3-6(20(14,18)19)1-2-8(7)15(4-9(12)16)5-10(13)17/h1-3H,4-5,11H2,(H2,12,16)(H2,13,17)(H2,14,18,19). The Morgan fingerprint density at radius 2 is 1.60 bits per heavy atom. The number of carbonyl (C=O) groups excluding carboxylic acids is 2. The van der Waals surface area contributed by atoms with Crippen molar-refractivity contribution in [1.29, 1.82) is 0 Å². The number of benzene rings is 1. The SMILES string of the molecule is NC(=O)CN(CC(N)=O)c1ccc(S(N)(=O)=O)cc1N. The number of primary sulfonamides is 1. The van der Waals surface area contributed by atoms with Gasteiger partial charge in [0.25, 0.3) is 0 Å². The number of sulfonamides is 1. The largest absolute Gasteiger partial charge is 0.397 e. The molecule has 0 saturated carbocycles. The summed E-state index contributed by atoms with van der Waals surface area (Å²) in [7, 11) is -3.90. The number of nitrogens with two attached hydrogens (primary N) is 4. The zero-order valence-electron chi connectivity index (χ0n) is 10.4. The van der Waals surface area contributed by atoms with E-state index in [2.05, 4.69) is 0 Å². The van der Waals surface area contributed by atoms with E-state index in [1.54, 1.807) is 0 Å². The van der Waals surface area contributed by atoms with Crippen LogP contribution in [-0.2, 0) is 19.6 Å². The number of amides is 2. The van der Waals surface area contributed by atoms with Gasteiger partial charge in [0.15, 0.2) is 0 Å². The van der Waals surface area contributed by atoms with Gasteiger partial charge in [-0.05, 0) is 18.2 Å². The number of nitrogens with zero attached hydrogens (tertiary/aromatic N) is 1. The Balaban J connectivity index is 3.20. The quantitative estimate of drug-likeness (QED) is 0.429. The summed E-state index contributed by atoms with van der Waals surface area (Å²) >= 11 is 0. The lowest BCUT2D eigenvalue weighted by Crippen LogP contribution is -2.40. The maximum atomic E-state index is 11.2. The highest BCUT2D eigenvalue weighted by atomic mass is 32.2. The van der Waals surface area contributed by atoms with Crippen LogP contribution < -0.4 is 27.2 Å². The highest BCUT2D eigenvalue weighted by Crippen LogP contribution is 2.25. The second-order valence-corrected chi connectivity index (χ2v) is 5.62. The highest BCUT2D eigenvalue weighted by Gasteiger charge is 2.17. The fourth-order valence-corrected chi connectivity index (χ4v) is 2.15. The minimum absolute atomic E-state index is 0.0269. The number of primary amides is 2. The maximum Gasteiger partial charge on any atom is 0.238 e. The predicted molar refractivity (Wildman–Crippen MR) is 72.8 cm³/mol. The molecule has 20 heavy (non-hydrogen) atoms. The van der Waals surface area contributed by atoms with Gasteiger partial charge in [-0.15, -0.1) is 0 Å². The van der Waals surface area contributed by atoms with Crippen molar-refractivity contribution in [2.75, 3.05) is 23.7 Å². The molecule has 0 unspecified atom stereocenters. The lowest BCUT2D eigenvalue weighted by atomic mass is 10.2. The van der Waals surface area contributed by atoms with E-state index in [1.165, 1.54) is 17.0 Å². The topological polar surface area (TPSA) is 176 Å². The van der Waals surface area contributed by atoms with Crippen LogP contribution in [0.5, 0.6) is 0 Å². The molecular formula is C10H15N5O4S. The molecule has 0 aromatic heterocycles. The van der Waals surface area contributed by atoms with Gasteiger partial charge >= 0.3 is 0 Å². The third-order valence-electron chi connectivity index (χ3n) is 2.36. The van der Waals surface area contributed by atoms with Crippen molar-refractivity contribution in [3.8, 4) is 0 Å². The van der Waals surface area contributed by atoms with Gasteiger partial charge < -0.3 is 22.1 Å². The summed E-state index contributed by atoms with van der Waals surface area (Å²) in [4.78, 5) is 23.0. The fourth-order valence-electron chi connectivity index (χ4n) is 1.60. The fraction of sp³-hybridized carbons (Fsp3) is 0.200. The Bertz CT molecular complexity index is 627. The molecule has 1 aromatic carbocycles. The molecule has 0 heterocycles. The van der Waals surface area contributed by atoms with Crippen molar-refractivity contribution in [2.45, 2.75) is 4.90 Å². The van der Waals surface area contributed by atoms with Gasteiger partial charge in [-0.3, -0.25) is 9.59 Å². The van der Waals surface area contributed by atoms with Crippen LogP contribution in [0, 0.1) is 0 Å². The normalized spacial score (nSPS) is 11.1. The number of hydrogen-bond acceptors (Lipinski definition) is 6. The summed E-state index contributed by atoms with van der Waals surface area (Å²) in [5, 5.41) is 4.97. The molecule has 0 aliphatic carbocycles. The molecule has 110 valence electrons. The van der Waals surface area contributed by atoms with Crippen molar-refractivity contribution < 1.29 is 18.0 Å². The van der Waals surface area contributed by atoms with Crippen LogP contribution in [0.3, 0.4) is 0 Å². The first-order chi connectivity index (χ1) is 9.11. The molecular weight excluding hydrogens is 286 g/mol. The third-order valence-corrected chi connectivity index (χ3v) is 3.27. The van der Waals surface area contributed by atoms with Crippen molar-refractivity contribution in [2.24, 2.45) is 16.6 Å². The number of carbonyl (C=O) groups is 2. The summed E-state index contributed by atoms with van der Waals surface area (Å²) in [5.41, 5.74) is 16.1. The summed E-state index contributed by atoms with van der Waals surface area (Å²) in [6, 6.07) is 3.65. The van der Waals surface area contributed by atoms with Gasteiger partial charge in [-0.25, -0.2) is 13.6 Å². The van der Waals surface area contributed by atoms with Gasteiger partial charge in [-0.2, -0.15) is 0 Å². The first kappa shape index (κ1) is 15.7. The van der Waals surface area contributed by atoms with E-state index in [4.69, 9.17) is 22.3 Å². The summed E-state index contributed by atoms with van der Waals surface area (Å²) in [5.74, 6) is -1.39. The minimum Gasteiger partial charge on any atom is -0.397 e. The maximum absolute atomic E-state index is 11.2. The Hall–Kier alpha value is -2.33. The second kappa shape index (κ2) is 5.75. The van der Waals surface area contributed by atoms with Crippen molar-refractivity contribution >= 4 is 33.2 Å². The summed E-state index contributed by atoms with van der Waals surface area (Å²) in [6.45, 7) is -0.580. The van der Waals surface area contributed by atoms with Crippen LogP contribution in [0.4, 0.5) is 11.4 Å². The average Bonchev–Trinajstić information content (AvgIpc) is 2.25. The van der Waals surface area contributed by atoms with E-state index in [9.17, 15) is 18.0 Å². The average molecular weight is 301 g/mol. The molecule has 0 fully saturated rings. The number of anilines is 2. The molecule has 0 aliphatic heterocycles. The molecule has 0 bridgehead atoms.